The lowest BCUT2D eigenvalue weighted by molar-refractivity contribution is 0.135. The summed E-state index contributed by atoms with van der Waals surface area (Å²) in [6.07, 6.45) is -2.52. The zero-order valence-corrected chi connectivity index (χ0v) is 8.39. The van der Waals surface area contributed by atoms with E-state index in [9.17, 15) is 18.4 Å². The Labute approximate surface area is 94.2 Å². The first-order valence-corrected chi connectivity index (χ1v) is 4.64. The molecule has 1 heterocycles. The monoisotopic (exact) mass is 243 g/mol. The number of rotatable bonds is 1. The molecule has 1 aromatic rings. The second-order valence-electron chi connectivity index (χ2n) is 3.42. The van der Waals surface area contributed by atoms with Crippen molar-refractivity contribution in [2.45, 2.75) is 6.04 Å². The summed E-state index contributed by atoms with van der Waals surface area (Å²) in [7, 11) is 0. The highest BCUT2D eigenvalue weighted by Gasteiger charge is 2.39. The van der Waals surface area contributed by atoms with Crippen LogP contribution in [0.3, 0.4) is 0 Å². The van der Waals surface area contributed by atoms with Crippen molar-refractivity contribution >= 4 is 12.2 Å². The van der Waals surface area contributed by atoms with Crippen LogP contribution in [0.25, 0.3) is 0 Å². The van der Waals surface area contributed by atoms with Crippen LogP contribution in [0.5, 0.6) is 0 Å². The average Bonchev–Trinajstić information content (AvgIpc) is 2.64. The van der Waals surface area contributed by atoms with E-state index in [0.717, 1.165) is 12.1 Å². The van der Waals surface area contributed by atoms with Crippen LogP contribution in [-0.2, 0) is 4.74 Å². The molecule has 1 aliphatic heterocycles. The zero-order valence-electron chi connectivity index (χ0n) is 8.39. The fourth-order valence-corrected chi connectivity index (χ4v) is 1.60. The number of carbonyl (C=O) groups excluding carboxylic acids is 1. The van der Waals surface area contributed by atoms with Gasteiger partial charge in [-0.25, -0.2) is 23.3 Å². The van der Waals surface area contributed by atoms with Gasteiger partial charge in [-0.3, -0.25) is 0 Å². The molecule has 0 saturated carbocycles. The maximum Gasteiger partial charge on any atom is 0.420 e. The highest BCUT2D eigenvalue weighted by molar-refractivity contribution is 5.88. The van der Waals surface area contributed by atoms with Gasteiger partial charge in [0.2, 0.25) is 0 Å². The number of carboxylic acid groups (broad SMARTS) is 1. The maximum absolute atomic E-state index is 13.0. The molecule has 0 radical (unpaired) electrons. The lowest BCUT2D eigenvalue weighted by Crippen LogP contribution is -2.32. The van der Waals surface area contributed by atoms with Crippen LogP contribution in [0, 0.1) is 11.6 Å². The lowest BCUT2D eigenvalue weighted by Gasteiger charge is -2.16. The van der Waals surface area contributed by atoms with Gasteiger partial charge < -0.3 is 9.84 Å². The SMILES string of the molecule is O=C(O)N1C(=O)OC[C@@H]1c1ccc(F)c(F)c1. The van der Waals surface area contributed by atoms with Gasteiger partial charge in [-0.05, 0) is 17.7 Å². The van der Waals surface area contributed by atoms with Gasteiger partial charge in [0.25, 0.3) is 0 Å². The summed E-state index contributed by atoms with van der Waals surface area (Å²) in [5, 5.41) is 8.80. The number of amides is 2. The molecule has 90 valence electrons. The van der Waals surface area contributed by atoms with E-state index in [4.69, 9.17) is 5.11 Å². The number of cyclic esters (lactones) is 1. The molecule has 7 heteroatoms. The molecule has 0 aliphatic carbocycles. The first-order valence-electron chi connectivity index (χ1n) is 4.64. The van der Waals surface area contributed by atoms with Crippen molar-refractivity contribution in [1.29, 1.82) is 0 Å². The van der Waals surface area contributed by atoms with Gasteiger partial charge in [0.15, 0.2) is 11.6 Å². The Morgan fingerprint density at radius 1 is 1.41 bits per heavy atom. The molecule has 2 amide bonds. The quantitative estimate of drug-likeness (QED) is 0.820. The Kier molecular flexibility index (Phi) is 2.66. The molecule has 1 aliphatic rings. The van der Waals surface area contributed by atoms with Crippen LogP contribution >= 0.6 is 0 Å². The summed E-state index contributed by atoms with van der Waals surface area (Å²) in [6.45, 7) is -0.212. The third kappa shape index (κ3) is 1.91. The number of ether oxygens (including phenoxy) is 1. The number of benzene rings is 1. The van der Waals surface area contributed by atoms with Crippen molar-refractivity contribution in [1.82, 2.24) is 4.90 Å². The highest BCUT2D eigenvalue weighted by atomic mass is 19.2. The number of nitrogens with zero attached hydrogens (tertiary/aromatic N) is 1. The van der Waals surface area contributed by atoms with Crippen LogP contribution < -0.4 is 0 Å². The van der Waals surface area contributed by atoms with Crippen LogP contribution in [0.2, 0.25) is 0 Å². The van der Waals surface area contributed by atoms with E-state index in [1.165, 1.54) is 6.07 Å². The van der Waals surface area contributed by atoms with E-state index < -0.39 is 29.9 Å². The molecule has 1 N–H and O–H groups in total. The van der Waals surface area contributed by atoms with E-state index >= 15 is 0 Å². The standard InChI is InChI=1S/C10H7F2NO4/c11-6-2-1-5(3-7(6)12)8-4-17-10(16)13(8)9(14)15/h1-3,8H,4H2,(H,14,15)/t8-/m1/s1. The van der Waals surface area contributed by atoms with E-state index in [2.05, 4.69) is 4.74 Å². The van der Waals surface area contributed by atoms with Crippen molar-refractivity contribution in [3.8, 4) is 0 Å². The summed E-state index contributed by atoms with van der Waals surface area (Å²) < 4.78 is 30.3. The Balaban J connectivity index is 2.36. The first kappa shape index (κ1) is 11.3. The molecular weight excluding hydrogens is 236 g/mol. The van der Waals surface area contributed by atoms with E-state index in [1.807, 2.05) is 0 Å². The molecule has 1 saturated heterocycles. The highest BCUT2D eigenvalue weighted by Crippen LogP contribution is 2.28. The Morgan fingerprint density at radius 2 is 2.12 bits per heavy atom. The van der Waals surface area contributed by atoms with Crippen molar-refractivity contribution in [3.63, 3.8) is 0 Å². The fraction of sp³-hybridized carbons (Fsp3) is 0.200. The van der Waals surface area contributed by atoms with Gasteiger partial charge >= 0.3 is 12.2 Å². The summed E-state index contributed by atoms with van der Waals surface area (Å²) in [4.78, 5) is 22.3. The van der Waals surface area contributed by atoms with Crippen LogP contribution in [0.4, 0.5) is 18.4 Å². The number of imide groups is 1. The van der Waals surface area contributed by atoms with Crippen molar-refractivity contribution < 1.29 is 28.2 Å². The predicted octanol–water partition coefficient (Wildman–Crippen LogP) is 2.14. The molecule has 5 nitrogen and oxygen atoms in total. The molecule has 17 heavy (non-hydrogen) atoms. The minimum absolute atomic E-state index is 0.164. The molecular formula is C10H7F2NO4. The summed E-state index contributed by atoms with van der Waals surface area (Å²) in [6, 6.07) is 1.97. The third-order valence-corrected chi connectivity index (χ3v) is 2.41. The van der Waals surface area contributed by atoms with E-state index in [1.54, 1.807) is 0 Å². The third-order valence-electron chi connectivity index (χ3n) is 2.41. The zero-order chi connectivity index (χ0) is 12.6. The van der Waals surface area contributed by atoms with Crippen LogP contribution in [0.1, 0.15) is 11.6 Å². The minimum Gasteiger partial charge on any atom is -0.465 e. The first-order chi connectivity index (χ1) is 8.00. The second-order valence-corrected chi connectivity index (χ2v) is 3.42. The Hall–Kier alpha value is -2.18. The van der Waals surface area contributed by atoms with Gasteiger partial charge in [0.05, 0.1) is 0 Å². The molecule has 0 aromatic heterocycles. The summed E-state index contributed by atoms with van der Waals surface area (Å²) >= 11 is 0. The Morgan fingerprint density at radius 3 is 2.71 bits per heavy atom. The van der Waals surface area contributed by atoms with Gasteiger partial charge in [0, 0.05) is 0 Å². The molecule has 1 atom stereocenters. The molecule has 0 bridgehead atoms. The molecule has 1 fully saturated rings. The normalized spacial score (nSPS) is 19.3. The topological polar surface area (TPSA) is 66.8 Å². The largest absolute Gasteiger partial charge is 0.465 e. The summed E-state index contributed by atoms with van der Waals surface area (Å²) in [5.74, 6) is -2.15. The number of carbonyl (C=O) groups is 2. The van der Waals surface area contributed by atoms with Gasteiger partial charge in [0.1, 0.15) is 12.6 Å². The van der Waals surface area contributed by atoms with Crippen molar-refractivity contribution in [2.24, 2.45) is 0 Å². The predicted molar refractivity (Wildman–Crippen MR) is 50.3 cm³/mol. The number of halogens is 2. The van der Waals surface area contributed by atoms with E-state index in [-0.39, 0.29) is 12.2 Å². The minimum atomic E-state index is -1.50. The van der Waals surface area contributed by atoms with Gasteiger partial charge in [-0.2, -0.15) is 0 Å². The molecule has 2 rings (SSSR count). The van der Waals surface area contributed by atoms with E-state index in [0.29, 0.717) is 4.90 Å². The second kappa shape index (κ2) is 4.00. The van der Waals surface area contributed by atoms with Gasteiger partial charge in [-0.15, -0.1) is 0 Å². The van der Waals surface area contributed by atoms with Crippen LogP contribution in [-0.4, -0.2) is 28.8 Å². The molecule has 1 aromatic carbocycles. The number of hydrogen-bond donors (Lipinski definition) is 1. The smallest absolute Gasteiger partial charge is 0.420 e. The Bertz CT molecular complexity index is 491. The maximum atomic E-state index is 13.0. The molecule has 0 unspecified atom stereocenters. The number of hydrogen-bond acceptors (Lipinski definition) is 3. The lowest BCUT2D eigenvalue weighted by atomic mass is 10.1. The average molecular weight is 243 g/mol. The fourth-order valence-electron chi connectivity index (χ4n) is 1.60. The summed E-state index contributed by atoms with van der Waals surface area (Å²) in [5.41, 5.74) is 0.164. The molecule has 0 spiro atoms. The van der Waals surface area contributed by atoms with Crippen molar-refractivity contribution in [3.05, 3.63) is 35.4 Å². The van der Waals surface area contributed by atoms with Crippen molar-refractivity contribution in [2.75, 3.05) is 6.61 Å². The van der Waals surface area contributed by atoms with Crippen LogP contribution in [0.15, 0.2) is 18.2 Å². The van der Waals surface area contributed by atoms with Gasteiger partial charge in [-0.1, -0.05) is 6.07 Å².